The van der Waals surface area contributed by atoms with Gasteiger partial charge in [-0.1, -0.05) is 30.3 Å². The van der Waals surface area contributed by atoms with Crippen molar-refractivity contribution in [2.75, 3.05) is 26.7 Å². The van der Waals surface area contributed by atoms with E-state index in [9.17, 15) is 27.2 Å². The standard InChI is InChI=1S/C27H30F4N2O3/c1-17-4-7-20(14-18(17)2)26(36-3,27(29,30)31)24(35)33-12-10-25(11-13-33)15-23(34)32-16-22(25)19-5-8-21(28)9-6-19/h4-9,14,22H,10-13,15-16H2,1-3H3,(H,32,34)/t22-,26+/m0/s1. The maximum absolute atomic E-state index is 14.6. The molecule has 2 fully saturated rings. The van der Waals surface area contributed by atoms with Crippen molar-refractivity contribution in [1.82, 2.24) is 10.2 Å². The summed E-state index contributed by atoms with van der Waals surface area (Å²) in [5.74, 6) is -1.80. The number of nitrogens with zero attached hydrogens (tertiary/aromatic N) is 1. The molecule has 5 nitrogen and oxygen atoms in total. The smallest absolute Gasteiger partial charge is 0.356 e. The molecule has 36 heavy (non-hydrogen) atoms. The van der Waals surface area contributed by atoms with Gasteiger partial charge in [-0.3, -0.25) is 9.59 Å². The number of benzene rings is 2. The van der Waals surface area contributed by atoms with Crippen LogP contribution in [0.15, 0.2) is 42.5 Å². The number of halogens is 4. The third-order valence-electron chi connectivity index (χ3n) is 7.99. The van der Waals surface area contributed by atoms with Gasteiger partial charge in [0.1, 0.15) is 5.82 Å². The van der Waals surface area contributed by atoms with Gasteiger partial charge < -0.3 is 15.0 Å². The number of likely N-dealkylation sites (tertiary alicyclic amines) is 1. The topological polar surface area (TPSA) is 58.6 Å². The summed E-state index contributed by atoms with van der Waals surface area (Å²) in [7, 11) is 0.905. The summed E-state index contributed by atoms with van der Waals surface area (Å²) < 4.78 is 62.2. The molecule has 2 aliphatic heterocycles. The lowest BCUT2D eigenvalue weighted by molar-refractivity contribution is -0.271. The maximum atomic E-state index is 14.6. The highest BCUT2D eigenvalue weighted by molar-refractivity contribution is 5.88. The van der Waals surface area contributed by atoms with Gasteiger partial charge in [0, 0.05) is 44.6 Å². The van der Waals surface area contributed by atoms with E-state index >= 15 is 0 Å². The molecule has 2 atom stereocenters. The fourth-order valence-corrected chi connectivity index (χ4v) is 5.70. The SMILES string of the molecule is CO[C@@](C(=O)N1CCC2(CC1)CC(=O)NC[C@H]2c1ccc(F)cc1)(c1ccc(C)c(C)c1)C(F)(F)F. The Hall–Kier alpha value is -2.94. The van der Waals surface area contributed by atoms with Crippen LogP contribution >= 0.6 is 0 Å². The molecular formula is C27H30F4N2O3. The van der Waals surface area contributed by atoms with Crippen molar-refractivity contribution < 1.29 is 31.9 Å². The number of alkyl halides is 3. The monoisotopic (exact) mass is 506 g/mol. The molecule has 0 aliphatic carbocycles. The van der Waals surface area contributed by atoms with Crippen molar-refractivity contribution in [2.45, 2.75) is 50.8 Å². The van der Waals surface area contributed by atoms with Gasteiger partial charge in [-0.2, -0.15) is 13.2 Å². The van der Waals surface area contributed by atoms with E-state index in [1.54, 1.807) is 32.0 Å². The van der Waals surface area contributed by atoms with Crippen LogP contribution in [0.2, 0.25) is 0 Å². The molecule has 9 heteroatoms. The van der Waals surface area contributed by atoms with E-state index in [1.165, 1.54) is 29.2 Å². The minimum absolute atomic E-state index is 0.0514. The van der Waals surface area contributed by atoms with E-state index < -0.39 is 23.1 Å². The molecule has 0 unspecified atom stereocenters. The van der Waals surface area contributed by atoms with Crippen molar-refractivity contribution in [2.24, 2.45) is 5.41 Å². The summed E-state index contributed by atoms with van der Waals surface area (Å²) in [5, 5.41) is 2.85. The molecule has 2 aromatic rings. The molecule has 1 N–H and O–H groups in total. The minimum Gasteiger partial charge on any atom is -0.356 e. The van der Waals surface area contributed by atoms with Crippen LogP contribution in [0.5, 0.6) is 0 Å². The summed E-state index contributed by atoms with van der Waals surface area (Å²) in [6, 6.07) is 10.3. The first-order chi connectivity index (χ1) is 16.9. The number of carbonyl (C=O) groups excluding carboxylic acids is 2. The van der Waals surface area contributed by atoms with Crippen LogP contribution in [-0.2, 0) is 19.9 Å². The molecule has 2 heterocycles. The lowest BCUT2D eigenvalue weighted by atomic mass is 9.62. The molecule has 2 saturated heterocycles. The second-order valence-electron chi connectivity index (χ2n) is 9.92. The van der Waals surface area contributed by atoms with E-state index in [0.29, 0.717) is 24.9 Å². The lowest BCUT2D eigenvalue weighted by Gasteiger charge is -2.50. The van der Waals surface area contributed by atoms with Crippen molar-refractivity contribution in [1.29, 1.82) is 0 Å². The number of carbonyl (C=O) groups is 2. The average Bonchev–Trinajstić information content (AvgIpc) is 2.82. The first-order valence-corrected chi connectivity index (χ1v) is 11.9. The number of methoxy groups -OCH3 is 1. The third-order valence-corrected chi connectivity index (χ3v) is 7.99. The zero-order valence-corrected chi connectivity index (χ0v) is 20.5. The van der Waals surface area contributed by atoms with Crippen LogP contribution in [0, 0.1) is 25.1 Å². The van der Waals surface area contributed by atoms with Crippen molar-refractivity contribution in [3.05, 3.63) is 70.5 Å². The number of piperidine rings is 2. The zero-order chi connectivity index (χ0) is 26.3. The van der Waals surface area contributed by atoms with E-state index in [-0.39, 0.29) is 42.7 Å². The number of aryl methyl sites for hydroxylation is 2. The largest absolute Gasteiger partial charge is 0.430 e. The first kappa shape index (κ1) is 26.1. The number of nitrogens with one attached hydrogen (secondary N) is 1. The fourth-order valence-electron chi connectivity index (χ4n) is 5.70. The van der Waals surface area contributed by atoms with E-state index in [4.69, 9.17) is 4.74 Å². The van der Waals surface area contributed by atoms with Crippen LogP contribution in [0.1, 0.15) is 47.4 Å². The Labute approximate surface area is 207 Å². The maximum Gasteiger partial charge on any atom is 0.430 e. The number of amides is 2. The Morgan fingerprint density at radius 2 is 1.69 bits per heavy atom. The average molecular weight is 507 g/mol. The second kappa shape index (κ2) is 9.50. The second-order valence-corrected chi connectivity index (χ2v) is 9.92. The quantitative estimate of drug-likeness (QED) is 0.609. The Kier molecular flexibility index (Phi) is 6.90. The molecular weight excluding hydrogens is 476 g/mol. The Morgan fingerprint density at radius 1 is 1.06 bits per heavy atom. The summed E-state index contributed by atoms with van der Waals surface area (Å²) >= 11 is 0. The summed E-state index contributed by atoms with van der Waals surface area (Å²) in [6.45, 7) is 3.93. The van der Waals surface area contributed by atoms with Gasteiger partial charge in [0.2, 0.25) is 5.91 Å². The van der Waals surface area contributed by atoms with Crippen LogP contribution in [0.3, 0.4) is 0 Å². The Balaban J connectivity index is 1.64. The van der Waals surface area contributed by atoms with Gasteiger partial charge in [0.05, 0.1) is 0 Å². The summed E-state index contributed by atoms with van der Waals surface area (Å²) in [4.78, 5) is 27.1. The van der Waals surface area contributed by atoms with Crippen molar-refractivity contribution >= 4 is 11.8 Å². The number of hydrogen-bond donors (Lipinski definition) is 1. The van der Waals surface area contributed by atoms with E-state index in [0.717, 1.165) is 18.2 Å². The lowest BCUT2D eigenvalue weighted by Crippen LogP contribution is -2.60. The summed E-state index contributed by atoms with van der Waals surface area (Å²) in [5.41, 5.74) is -1.64. The van der Waals surface area contributed by atoms with Gasteiger partial charge >= 0.3 is 6.18 Å². The van der Waals surface area contributed by atoms with E-state index in [2.05, 4.69) is 5.32 Å². The Bertz CT molecular complexity index is 1140. The molecule has 0 bridgehead atoms. The first-order valence-electron chi connectivity index (χ1n) is 11.9. The van der Waals surface area contributed by atoms with Crippen molar-refractivity contribution in [3.63, 3.8) is 0 Å². The van der Waals surface area contributed by atoms with Gasteiger partial charge in [-0.15, -0.1) is 0 Å². The predicted octanol–water partition coefficient (Wildman–Crippen LogP) is 4.76. The fraction of sp³-hybridized carbons (Fsp3) is 0.481. The molecule has 0 saturated carbocycles. The van der Waals surface area contributed by atoms with E-state index in [1.807, 2.05) is 0 Å². The van der Waals surface area contributed by atoms with Gasteiger partial charge in [-0.25, -0.2) is 4.39 Å². The molecule has 194 valence electrons. The third kappa shape index (κ3) is 4.38. The zero-order valence-electron chi connectivity index (χ0n) is 20.5. The molecule has 2 amide bonds. The molecule has 4 rings (SSSR count). The molecule has 1 spiro atoms. The van der Waals surface area contributed by atoms with Crippen molar-refractivity contribution in [3.8, 4) is 0 Å². The summed E-state index contributed by atoms with van der Waals surface area (Å²) in [6.07, 6.45) is -4.10. The number of rotatable bonds is 4. The minimum atomic E-state index is -4.99. The highest BCUT2D eigenvalue weighted by Crippen LogP contribution is 2.50. The predicted molar refractivity (Wildman–Crippen MR) is 126 cm³/mol. The van der Waals surface area contributed by atoms with Gasteiger partial charge in [0.15, 0.2) is 0 Å². The highest BCUT2D eigenvalue weighted by atomic mass is 19.4. The molecule has 0 radical (unpaired) electrons. The highest BCUT2D eigenvalue weighted by Gasteiger charge is 2.64. The van der Waals surface area contributed by atoms with Gasteiger partial charge in [-0.05, 0) is 60.9 Å². The van der Waals surface area contributed by atoms with Crippen LogP contribution in [-0.4, -0.2) is 49.6 Å². The van der Waals surface area contributed by atoms with Crippen LogP contribution in [0.25, 0.3) is 0 Å². The number of ether oxygens (including phenoxy) is 1. The number of hydrogen-bond acceptors (Lipinski definition) is 3. The van der Waals surface area contributed by atoms with Crippen LogP contribution < -0.4 is 5.32 Å². The van der Waals surface area contributed by atoms with Gasteiger partial charge in [0.25, 0.3) is 11.5 Å². The van der Waals surface area contributed by atoms with Crippen LogP contribution in [0.4, 0.5) is 17.6 Å². The molecule has 0 aromatic heterocycles. The Morgan fingerprint density at radius 3 is 2.25 bits per heavy atom. The molecule has 2 aliphatic rings. The molecule has 2 aromatic carbocycles. The normalized spacial score (nSPS) is 21.7.